The fraction of sp³-hybridized carbons (Fsp3) is 0.857. The highest BCUT2D eigenvalue weighted by molar-refractivity contribution is 5.19. The zero-order chi connectivity index (χ0) is 11.4. The van der Waals surface area contributed by atoms with Crippen LogP contribution in [0.5, 0.6) is 0 Å². The Balaban J connectivity index is 2.07. The Labute approximate surface area is 98.9 Å². The standard InChI is InChI=1S/C14H25NO/c15-13-9-6-10-14(16,11-13)12-7-4-2-1-3-5-8-12/h7,13,16H,1-6,8-11,15H2. The first-order valence-corrected chi connectivity index (χ1v) is 6.88. The van der Waals surface area contributed by atoms with Gasteiger partial charge in [0, 0.05) is 6.04 Å². The molecule has 92 valence electrons. The van der Waals surface area contributed by atoms with Crippen LogP contribution in [-0.4, -0.2) is 16.7 Å². The second-order valence-corrected chi connectivity index (χ2v) is 5.57. The van der Waals surface area contributed by atoms with E-state index in [1.807, 2.05) is 0 Å². The highest BCUT2D eigenvalue weighted by atomic mass is 16.3. The topological polar surface area (TPSA) is 46.2 Å². The fourth-order valence-electron chi connectivity index (χ4n) is 3.20. The van der Waals surface area contributed by atoms with E-state index in [4.69, 9.17) is 5.73 Å². The molecule has 1 fully saturated rings. The van der Waals surface area contributed by atoms with Gasteiger partial charge in [-0.2, -0.15) is 0 Å². The molecule has 2 atom stereocenters. The van der Waals surface area contributed by atoms with Crippen molar-refractivity contribution in [3.63, 3.8) is 0 Å². The molecular weight excluding hydrogens is 198 g/mol. The number of rotatable bonds is 1. The van der Waals surface area contributed by atoms with Crippen LogP contribution >= 0.6 is 0 Å². The summed E-state index contributed by atoms with van der Waals surface area (Å²) in [5, 5.41) is 10.7. The molecule has 16 heavy (non-hydrogen) atoms. The first-order chi connectivity index (χ1) is 7.71. The van der Waals surface area contributed by atoms with E-state index in [0.717, 1.165) is 38.5 Å². The van der Waals surface area contributed by atoms with Crippen LogP contribution in [0, 0.1) is 0 Å². The molecular formula is C14H25NO. The lowest BCUT2D eigenvalue weighted by molar-refractivity contribution is 0.0285. The molecule has 0 aromatic heterocycles. The summed E-state index contributed by atoms with van der Waals surface area (Å²) in [5.74, 6) is 0. The van der Waals surface area contributed by atoms with Gasteiger partial charge in [-0.1, -0.05) is 18.9 Å². The maximum Gasteiger partial charge on any atom is 0.0871 e. The second kappa shape index (κ2) is 5.33. The molecule has 2 unspecified atom stereocenters. The van der Waals surface area contributed by atoms with Gasteiger partial charge in [-0.3, -0.25) is 0 Å². The Morgan fingerprint density at radius 1 is 1.19 bits per heavy atom. The van der Waals surface area contributed by atoms with Crippen molar-refractivity contribution in [2.45, 2.75) is 75.9 Å². The molecule has 0 spiro atoms. The van der Waals surface area contributed by atoms with Crippen molar-refractivity contribution in [3.8, 4) is 0 Å². The minimum absolute atomic E-state index is 0.199. The predicted octanol–water partition coefficient (Wildman–Crippen LogP) is 2.90. The van der Waals surface area contributed by atoms with E-state index in [9.17, 15) is 5.11 Å². The average molecular weight is 223 g/mol. The molecule has 3 N–H and O–H groups in total. The SMILES string of the molecule is NC1CCCC(O)(C2=CCCCCCC2)C1. The number of nitrogens with two attached hydrogens (primary N) is 1. The maximum absolute atomic E-state index is 10.7. The molecule has 0 aromatic carbocycles. The first kappa shape index (κ1) is 12.1. The van der Waals surface area contributed by atoms with Gasteiger partial charge in [0.1, 0.15) is 0 Å². The summed E-state index contributed by atoms with van der Waals surface area (Å²) in [6, 6.07) is 0.199. The zero-order valence-electron chi connectivity index (χ0n) is 10.3. The van der Waals surface area contributed by atoms with Crippen LogP contribution in [0.1, 0.15) is 64.2 Å². The fourth-order valence-corrected chi connectivity index (χ4v) is 3.20. The van der Waals surface area contributed by atoms with E-state index in [1.54, 1.807) is 0 Å². The predicted molar refractivity (Wildman–Crippen MR) is 67.2 cm³/mol. The smallest absolute Gasteiger partial charge is 0.0871 e. The largest absolute Gasteiger partial charge is 0.385 e. The van der Waals surface area contributed by atoms with Crippen molar-refractivity contribution in [2.75, 3.05) is 0 Å². The zero-order valence-corrected chi connectivity index (χ0v) is 10.3. The van der Waals surface area contributed by atoms with Crippen LogP contribution in [-0.2, 0) is 0 Å². The Morgan fingerprint density at radius 3 is 2.81 bits per heavy atom. The van der Waals surface area contributed by atoms with Gasteiger partial charge in [0.15, 0.2) is 0 Å². The van der Waals surface area contributed by atoms with E-state index in [0.29, 0.717) is 0 Å². The van der Waals surface area contributed by atoms with Crippen LogP contribution in [0.2, 0.25) is 0 Å². The third-order valence-corrected chi connectivity index (χ3v) is 4.15. The Kier molecular flexibility index (Phi) is 4.04. The van der Waals surface area contributed by atoms with Crippen LogP contribution in [0.15, 0.2) is 11.6 Å². The van der Waals surface area contributed by atoms with Gasteiger partial charge in [-0.05, 0) is 56.9 Å². The van der Waals surface area contributed by atoms with Crippen LogP contribution in [0.4, 0.5) is 0 Å². The summed E-state index contributed by atoms with van der Waals surface area (Å²) in [5.41, 5.74) is 6.73. The minimum atomic E-state index is -0.561. The van der Waals surface area contributed by atoms with E-state index in [1.165, 1.54) is 31.3 Å². The molecule has 2 aliphatic rings. The second-order valence-electron chi connectivity index (χ2n) is 5.57. The molecule has 2 heteroatoms. The Bertz CT molecular complexity index is 261. The first-order valence-electron chi connectivity index (χ1n) is 6.88. The molecule has 2 aliphatic carbocycles. The maximum atomic E-state index is 10.7. The Hall–Kier alpha value is -0.340. The van der Waals surface area contributed by atoms with Gasteiger partial charge < -0.3 is 10.8 Å². The molecule has 0 aromatic rings. The highest BCUT2D eigenvalue weighted by Crippen LogP contribution is 2.37. The van der Waals surface area contributed by atoms with E-state index in [2.05, 4.69) is 6.08 Å². The summed E-state index contributed by atoms with van der Waals surface area (Å²) in [6.07, 6.45) is 13.6. The number of hydrogen-bond acceptors (Lipinski definition) is 2. The summed E-state index contributed by atoms with van der Waals surface area (Å²) in [7, 11) is 0. The van der Waals surface area contributed by atoms with Crippen LogP contribution in [0.3, 0.4) is 0 Å². The average Bonchev–Trinajstić information content (AvgIpc) is 2.15. The molecule has 0 saturated heterocycles. The van der Waals surface area contributed by atoms with Gasteiger partial charge in [0.05, 0.1) is 5.60 Å². The number of aliphatic hydroxyl groups is 1. The summed E-state index contributed by atoms with van der Waals surface area (Å²) in [6.45, 7) is 0. The van der Waals surface area contributed by atoms with E-state index in [-0.39, 0.29) is 6.04 Å². The lowest BCUT2D eigenvalue weighted by Gasteiger charge is -2.38. The summed E-state index contributed by atoms with van der Waals surface area (Å²) in [4.78, 5) is 0. The summed E-state index contributed by atoms with van der Waals surface area (Å²) < 4.78 is 0. The molecule has 1 saturated carbocycles. The highest BCUT2D eigenvalue weighted by Gasteiger charge is 2.35. The molecule has 0 amide bonds. The molecule has 2 nitrogen and oxygen atoms in total. The third-order valence-electron chi connectivity index (χ3n) is 4.15. The van der Waals surface area contributed by atoms with Gasteiger partial charge in [-0.25, -0.2) is 0 Å². The van der Waals surface area contributed by atoms with Gasteiger partial charge in [0.2, 0.25) is 0 Å². The van der Waals surface area contributed by atoms with E-state index >= 15 is 0 Å². The number of allylic oxidation sites excluding steroid dienone is 1. The summed E-state index contributed by atoms with van der Waals surface area (Å²) >= 11 is 0. The van der Waals surface area contributed by atoms with Crippen molar-refractivity contribution in [2.24, 2.45) is 5.73 Å². The van der Waals surface area contributed by atoms with Gasteiger partial charge in [-0.15, -0.1) is 0 Å². The molecule has 0 radical (unpaired) electrons. The normalized spacial score (nSPS) is 37.4. The van der Waals surface area contributed by atoms with Crippen molar-refractivity contribution in [1.82, 2.24) is 0 Å². The van der Waals surface area contributed by atoms with Crippen LogP contribution < -0.4 is 5.73 Å². The monoisotopic (exact) mass is 223 g/mol. The minimum Gasteiger partial charge on any atom is -0.385 e. The third kappa shape index (κ3) is 2.86. The quantitative estimate of drug-likeness (QED) is 0.671. The lowest BCUT2D eigenvalue weighted by atomic mass is 9.75. The molecule has 0 bridgehead atoms. The molecule has 0 heterocycles. The molecule has 0 aliphatic heterocycles. The Morgan fingerprint density at radius 2 is 2.00 bits per heavy atom. The van der Waals surface area contributed by atoms with Gasteiger partial charge >= 0.3 is 0 Å². The van der Waals surface area contributed by atoms with Crippen molar-refractivity contribution in [1.29, 1.82) is 0 Å². The van der Waals surface area contributed by atoms with Gasteiger partial charge in [0.25, 0.3) is 0 Å². The van der Waals surface area contributed by atoms with Crippen molar-refractivity contribution >= 4 is 0 Å². The van der Waals surface area contributed by atoms with Crippen LogP contribution in [0.25, 0.3) is 0 Å². The van der Waals surface area contributed by atoms with Crippen molar-refractivity contribution < 1.29 is 5.11 Å². The van der Waals surface area contributed by atoms with Crippen molar-refractivity contribution in [3.05, 3.63) is 11.6 Å². The number of hydrogen-bond donors (Lipinski definition) is 2. The van der Waals surface area contributed by atoms with E-state index < -0.39 is 5.60 Å². The molecule has 2 rings (SSSR count). The lowest BCUT2D eigenvalue weighted by Crippen LogP contribution is -2.42.